The smallest absolute Gasteiger partial charge is 0.332 e. The van der Waals surface area contributed by atoms with Crippen LogP contribution < -0.4 is 16.0 Å². The number of amides is 1. The Balaban J connectivity index is 0.000000876. The number of nitrogens with zero attached hydrogens (tertiary/aromatic N) is 7. The van der Waals surface area contributed by atoms with Crippen LogP contribution in [0.25, 0.3) is 15.2 Å². The van der Waals surface area contributed by atoms with Crippen molar-refractivity contribution >= 4 is 58.5 Å². The molecule has 3 aromatic heterocycles. The molecule has 3 heterocycles. The van der Waals surface area contributed by atoms with E-state index >= 15 is 0 Å². The fourth-order valence-electron chi connectivity index (χ4n) is 4.29. The Hall–Kier alpha value is -3.27. The Labute approximate surface area is 275 Å². The lowest BCUT2D eigenvalue weighted by Gasteiger charge is -2.26. The number of benzene rings is 1. The average Bonchev–Trinajstić information content (AvgIpc) is 3.66. The first-order valence-electron chi connectivity index (χ1n) is 13.4. The lowest BCUT2D eigenvalue weighted by Crippen LogP contribution is -2.47. The molecule has 0 radical (unpaired) electrons. The van der Waals surface area contributed by atoms with E-state index in [4.69, 9.17) is 15.1 Å². The third-order valence-electron chi connectivity index (χ3n) is 6.76. The summed E-state index contributed by atoms with van der Waals surface area (Å²) in [5, 5.41) is 24.8. The predicted molar refractivity (Wildman–Crippen MR) is 180 cm³/mol. The van der Waals surface area contributed by atoms with Crippen molar-refractivity contribution in [1.29, 1.82) is 5.26 Å². The number of aliphatic hydroxyl groups is 1. The van der Waals surface area contributed by atoms with Gasteiger partial charge in [0.15, 0.2) is 0 Å². The van der Waals surface area contributed by atoms with Gasteiger partial charge in [0.25, 0.3) is 5.56 Å². The van der Waals surface area contributed by atoms with E-state index in [0.29, 0.717) is 32.1 Å². The number of aryl methyl sites for hydroxylation is 3. The Bertz CT molecular complexity index is 1710. The second-order valence-electron chi connectivity index (χ2n) is 9.70. The highest BCUT2D eigenvalue weighted by atomic mass is 127. The molecule has 1 unspecified atom stereocenters. The van der Waals surface area contributed by atoms with E-state index < -0.39 is 23.1 Å². The maximum Gasteiger partial charge on any atom is 0.332 e. The number of carbonyl (C=O) groups is 1. The molecule has 0 spiro atoms. The molecule has 16 heteroatoms. The van der Waals surface area contributed by atoms with Gasteiger partial charge in [-0.15, -0.1) is 14.6 Å². The van der Waals surface area contributed by atoms with Crippen molar-refractivity contribution in [3.05, 3.63) is 68.4 Å². The molecule has 1 aromatic carbocycles. The normalized spacial score (nSPS) is 11.2. The SMILES string of the molecule is COc1ccc(F)cc1CCn1c(=O)n(C(C)C(=O)N(C)C(C)C)c(=O)c2c(C)c(-n3nccn3)sc21.N#CCCO.SI. The Morgan fingerprint density at radius 2 is 1.89 bits per heavy atom. The number of rotatable bonds is 9. The lowest BCUT2D eigenvalue weighted by molar-refractivity contribution is -0.134. The second-order valence-corrected chi connectivity index (χ2v) is 10.7. The van der Waals surface area contributed by atoms with Crippen LogP contribution in [-0.2, 0) is 17.8 Å². The third-order valence-corrected chi connectivity index (χ3v) is 8.04. The summed E-state index contributed by atoms with van der Waals surface area (Å²) < 4.78 is 21.8. The summed E-state index contributed by atoms with van der Waals surface area (Å²) in [7, 11) is 6.63. The molecule has 4 rings (SSSR count). The van der Waals surface area contributed by atoms with Crippen LogP contribution in [0.2, 0.25) is 0 Å². The molecule has 0 aliphatic heterocycles. The van der Waals surface area contributed by atoms with Crippen LogP contribution in [0.3, 0.4) is 0 Å². The summed E-state index contributed by atoms with van der Waals surface area (Å²) in [6.45, 7) is 7.13. The van der Waals surface area contributed by atoms with Crippen LogP contribution >= 0.6 is 42.3 Å². The first-order chi connectivity index (χ1) is 21.0. The Kier molecular flexibility index (Phi) is 14.5. The number of fused-ring (bicyclic) bond motifs is 1. The lowest BCUT2D eigenvalue weighted by atomic mass is 10.1. The quantitative estimate of drug-likeness (QED) is 0.192. The standard InChI is InChI=1S/C25H29FN6O4S.C3H5NO.HIS/c1-14(2)29(5)21(33)16(4)31-22(34)20-15(3)23(32-27-10-11-28-32)37-24(20)30(25(31)35)12-9-17-13-18(26)7-8-19(17)36-6;4-2-1-3-5;1-2/h7-8,10-11,13-14,16H,9,12H2,1-6H3;5H,1,3H2;2H. The highest BCUT2D eigenvalue weighted by Gasteiger charge is 2.28. The molecule has 4 aromatic rings. The van der Waals surface area contributed by atoms with Crippen molar-refractivity contribution in [1.82, 2.24) is 29.0 Å². The third kappa shape index (κ3) is 8.25. The van der Waals surface area contributed by atoms with Gasteiger partial charge in [-0.05, 0) is 79.1 Å². The number of ether oxygens (including phenoxy) is 1. The van der Waals surface area contributed by atoms with E-state index in [-0.39, 0.29) is 37.9 Å². The topological polar surface area (TPSA) is 148 Å². The number of likely N-dealkylation sites (N-methyl/N-ethyl adjacent to an activating group) is 1. The largest absolute Gasteiger partial charge is 0.496 e. The molecule has 0 saturated heterocycles. The number of nitriles is 1. The maximum absolute atomic E-state index is 14.0. The molecule has 12 nitrogen and oxygen atoms in total. The van der Waals surface area contributed by atoms with Gasteiger partial charge in [0.1, 0.15) is 27.4 Å². The van der Waals surface area contributed by atoms with E-state index in [1.165, 1.54) is 63.3 Å². The summed E-state index contributed by atoms with van der Waals surface area (Å²) in [6, 6.07) is 4.82. The van der Waals surface area contributed by atoms with Gasteiger partial charge in [0, 0.05) is 25.2 Å². The zero-order valence-electron chi connectivity index (χ0n) is 25.2. The van der Waals surface area contributed by atoms with Gasteiger partial charge in [-0.1, -0.05) is 11.3 Å². The van der Waals surface area contributed by atoms with E-state index in [2.05, 4.69) is 20.0 Å². The number of methoxy groups -OCH3 is 1. The molecular weight excluding hydrogens is 724 g/mol. The second kappa shape index (κ2) is 17.3. The minimum absolute atomic E-state index is 0.0174. The van der Waals surface area contributed by atoms with Crippen molar-refractivity contribution in [3.8, 4) is 16.8 Å². The number of aliphatic hydroxyl groups excluding tert-OH is 1. The van der Waals surface area contributed by atoms with Crippen molar-refractivity contribution in [2.45, 2.75) is 59.2 Å². The van der Waals surface area contributed by atoms with Gasteiger partial charge in [-0.3, -0.25) is 14.2 Å². The summed E-state index contributed by atoms with van der Waals surface area (Å²) in [6.07, 6.45) is 3.55. The molecule has 1 atom stereocenters. The predicted octanol–water partition coefficient (Wildman–Crippen LogP) is 4.09. The van der Waals surface area contributed by atoms with Crippen LogP contribution in [0, 0.1) is 24.1 Å². The molecule has 0 saturated carbocycles. The van der Waals surface area contributed by atoms with Crippen molar-refractivity contribution in [2.75, 3.05) is 20.8 Å². The van der Waals surface area contributed by atoms with E-state index in [1.807, 2.05) is 35.1 Å². The van der Waals surface area contributed by atoms with E-state index in [9.17, 15) is 18.8 Å². The average molecular weight is 760 g/mol. The summed E-state index contributed by atoms with van der Waals surface area (Å²) in [5.74, 6) is -0.285. The monoisotopic (exact) mass is 759 g/mol. The van der Waals surface area contributed by atoms with Gasteiger partial charge < -0.3 is 14.7 Å². The minimum Gasteiger partial charge on any atom is -0.496 e. The number of aromatic nitrogens is 5. The Morgan fingerprint density at radius 3 is 2.41 bits per heavy atom. The molecule has 0 bridgehead atoms. The molecular formula is C28H35FIN7O5S2. The van der Waals surface area contributed by atoms with Crippen LogP contribution in [-0.4, -0.2) is 66.8 Å². The first-order valence-corrected chi connectivity index (χ1v) is 17.4. The molecule has 44 heavy (non-hydrogen) atoms. The highest BCUT2D eigenvalue weighted by Crippen LogP contribution is 2.31. The van der Waals surface area contributed by atoms with Crippen molar-refractivity contribution in [3.63, 3.8) is 0 Å². The summed E-state index contributed by atoms with van der Waals surface area (Å²) in [4.78, 5) is 44.0. The molecule has 0 aliphatic rings. The zero-order chi connectivity index (χ0) is 33.1. The van der Waals surface area contributed by atoms with Gasteiger partial charge in [-0.25, -0.2) is 13.8 Å². The van der Waals surface area contributed by atoms with E-state index in [0.717, 1.165) is 4.57 Å². The number of thiol groups is 1. The molecule has 1 amide bonds. The number of hydrogen-bond acceptors (Lipinski definition) is 10. The Morgan fingerprint density at radius 1 is 1.25 bits per heavy atom. The number of hydrogen-bond donors (Lipinski definition) is 2. The highest BCUT2D eigenvalue weighted by molar-refractivity contribution is 14.2. The fourth-order valence-corrected chi connectivity index (χ4v) is 5.52. The van der Waals surface area contributed by atoms with Crippen LogP contribution in [0.4, 0.5) is 4.39 Å². The maximum atomic E-state index is 14.0. The number of thiophene rings is 1. The first kappa shape index (κ1) is 36.9. The zero-order valence-corrected chi connectivity index (χ0v) is 29.1. The molecule has 1 N–H and O–H groups in total. The fraction of sp³-hybridized carbons (Fsp3) is 0.429. The van der Waals surface area contributed by atoms with Crippen LogP contribution in [0.15, 0.2) is 40.2 Å². The number of halogens is 2. The number of carbonyl (C=O) groups excluding carboxylic acids is 1. The summed E-state index contributed by atoms with van der Waals surface area (Å²) in [5.41, 5.74) is 0.00644. The molecule has 238 valence electrons. The van der Waals surface area contributed by atoms with E-state index in [1.54, 1.807) is 27.0 Å². The van der Waals surface area contributed by atoms with Gasteiger partial charge in [-0.2, -0.15) is 15.5 Å². The van der Waals surface area contributed by atoms with Crippen LogP contribution in [0.1, 0.15) is 44.4 Å². The van der Waals surface area contributed by atoms with Crippen LogP contribution in [0.5, 0.6) is 5.75 Å². The van der Waals surface area contributed by atoms with Gasteiger partial charge in [0.05, 0.1) is 44.0 Å². The van der Waals surface area contributed by atoms with Gasteiger partial charge in [0.2, 0.25) is 5.91 Å². The summed E-state index contributed by atoms with van der Waals surface area (Å²) >= 11 is 3.06. The van der Waals surface area contributed by atoms with Crippen molar-refractivity contribution < 1.29 is 19.0 Å². The van der Waals surface area contributed by atoms with Crippen molar-refractivity contribution in [2.24, 2.45) is 0 Å². The molecule has 0 fully saturated rings. The molecule has 0 aliphatic carbocycles. The van der Waals surface area contributed by atoms with Gasteiger partial charge >= 0.3 is 5.69 Å². The minimum atomic E-state index is -1.03.